The molecular formula is C14H9FI3NO2. The molecule has 0 aliphatic rings. The lowest BCUT2D eigenvalue weighted by molar-refractivity contribution is 0.102. The Hall–Kier alpha value is -0.170. The fraction of sp³-hybridized carbons (Fsp3) is 0.0714. The van der Waals surface area contributed by atoms with Crippen molar-refractivity contribution in [1.82, 2.24) is 0 Å². The third-order valence-corrected chi connectivity index (χ3v) is 4.99. The van der Waals surface area contributed by atoms with Gasteiger partial charge in [-0.25, -0.2) is 4.39 Å². The minimum atomic E-state index is -0.609. The van der Waals surface area contributed by atoms with Crippen LogP contribution < -0.4 is 10.1 Å². The van der Waals surface area contributed by atoms with Crippen molar-refractivity contribution in [3.05, 3.63) is 52.4 Å². The summed E-state index contributed by atoms with van der Waals surface area (Å²) < 4.78 is 21.7. The molecule has 0 saturated carbocycles. The predicted molar refractivity (Wildman–Crippen MR) is 105 cm³/mol. The maximum Gasteiger partial charge on any atom is 0.258 e. The lowest BCUT2D eigenvalue weighted by atomic mass is 10.2. The Labute approximate surface area is 162 Å². The number of hydrogen-bond acceptors (Lipinski definition) is 2. The number of hydrogen-bond donors (Lipinski definition) is 1. The molecule has 3 nitrogen and oxygen atoms in total. The van der Waals surface area contributed by atoms with E-state index >= 15 is 0 Å². The van der Waals surface area contributed by atoms with Crippen LogP contribution in [-0.4, -0.2) is 13.0 Å². The lowest BCUT2D eigenvalue weighted by Crippen LogP contribution is -2.15. The molecule has 0 unspecified atom stereocenters. The number of halogens is 4. The summed E-state index contributed by atoms with van der Waals surface area (Å²) >= 11 is 6.50. The van der Waals surface area contributed by atoms with Gasteiger partial charge in [-0.2, -0.15) is 0 Å². The van der Waals surface area contributed by atoms with Crippen LogP contribution in [0.1, 0.15) is 10.4 Å². The third-order valence-electron chi connectivity index (χ3n) is 2.67. The molecule has 7 heteroatoms. The molecule has 0 aliphatic carbocycles. The van der Waals surface area contributed by atoms with E-state index in [1.807, 2.05) is 12.1 Å². The molecule has 2 aromatic carbocycles. The van der Waals surface area contributed by atoms with Crippen molar-refractivity contribution >= 4 is 79.4 Å². The van der Waals surface area contributed by atoms with E-state index < -0.39 is 11.7 Å². The summed E-state index contributed by atoms with van der Waals surface area (Å²) in [6, 6.07) is 8.06. The fourth-order valence-corrected chi connectivity index (χ4v) is 5.50. The monoisotopic (exact) mass is 623 g/mol. The normalized spacial score (nSPS) is 10.3. The molecule has 2 rings (SSSR count). The van der Waals surface area contributed by atoms with Gasteiger partial charge in [-0.1, -0.05) is 0 Å². The van der Waals surface area contributed by atoms with Crippen molar-refractivity contribution in [2.45, 2.75) is 0 Å². The van der Waals surface area contributed by atoms with Gasteiger partial charge < -0.3 is 10.1 Å². The number of ether oxygens (including phenoxy) is 1. The van der Waals surface area contributed by atoms with Gasteiger partial charge in [0.1, 0.15) is 11.6 Å². The van der Waals surface area contributed by atoms with Crippen LogP contribution in [0, 0.1) is 16.5 Å². The van der Waals surface area contributed by atoms with Crippen LogP contribution in [0.25, 0.3) is 0 Å². The van der Waals surface area contributed by atoms with E-state index in [4.69, 9.17) is 4.74 Å². The fourth-order valence-electron chi connectivity index (χ4n) is 1.65. The van der Waals surface area contributed by atoms with Gasteiger partial charge in [0.25, 0.3) is 5.91 Å². The van der Waals surface area contributed by atoms with E-state index in [9.17, 15) is 9.18 Å². The highest BCUT2D eigenvalue weighted by Gasteiger charge is 2.16. The predicted octanol–water partition coefficient (Wildman–Crippen LogP) is 4.90. The smallest absolute Gasteiger partial charge is 0.258 e. The van der Waals surface area contributed by atoms with Gasteiger partial charge in [0, 0.05) is 16.8 Å². The molecule has 0 aromatic heterocycles. The Bertz CT molecular complexity index is 684. The van der Waals surface area contributed by atoms with Gasteiger partial charge >= 0.3 is 0 Å². The Morgan fingerprint density at radius 1 is 1.14 bits per heavy atom. The Morgan fingerprint density at radius 2 is 1.76 bits per heavy atom. The van der Waals surface area contributed by atoms with Crippen LogP contribution in [0.2, 0.25) is 0 Å². The first-order valence-corrected chi connectivity index (χ1v) is 8.95. The highest BCUT2D eigenvalue weighted by Crippen LogP contribution is 2.28. The molecule has 2 aromatic rings. The molecule has 110 valence electrons. The van der Waals surface area contributed by atoms with Crippen LogP contribution in [0.5, 0.6) is 5.75 Å². The van der Waals surface area contributed by atoms with Crippen molar-refractivity contribution < 1.29 is 13.9 Å². The van der Waals surface area contributed by atoms with Crippen molar-refractivity contribution in [2.24, 2.45) is 0 Å². The van der Waals surface area contributed by atoms with Crippen LogP contribution in [0.15, 0.2) is 30.3 Å². The van der Waals surface area contributed by atoms with Crippen LogP contribution >= 0.6 is 67.8 Å². The molecule has 0 saturated heterocycles. The van der Waals surface area contributed by atoms with Gasteiger partial charge in [0.2, 0.25) is 0 Å². The summed E-state index contributed by atoms with van der Waals surface area (Å²) in [7, 11) is 1.45. The van der Waals surface area contributed by atoms with E-state index in [0.717, 1.165) is 10.7 Å². The standard InChI is InChI=1S/C14H9FI3NO2/c1-21-8-2-3-9(10(15)6-8)14(20)19-13-11(17)4-7(16)5-12(13)18/h2-6H,1H3,(H,19,20). The van der Waals surface area contributed by atoms with Crippen molar-refractivity contribution in [1.29, 1.82) is 0 Å². The first kappa shape index (κ1) is 17.2. The van der Waals surface area contributed by atoms with Crippen LogP contribution in [0.3, 0.4) is 0 Å². The summed E-state index contributed by atoms with van der Waals surface area (Å²) in [5.41, 5.74) is 0.679. The lowest BCUT2D eigenvalue weighted by Gasteiger charge is -2.11. The number of methoxy groups -OCH3 is 1. The van der Waals surface area contributed by atoms with E-state index in [1.54, 1.807) is 6.07 Å². The van der Waals surface area contributed by atoms with E-state index in [2.05, 4.69) is 73.1 Å². The van der Waals surface area contributed by atoms with Gasteiger partial charge in [-0.15, -0.1) is 0 Å². The Balaban J connectivity index is 2.30. The van der Waals surface area contributed by atoms with Gasteiger partial charge in [0.15, 0.2) is 0 Å². The second-order valence-electron chi connectivity index (χ2n) is 4.04. The zero-order chi connectivity index (χ0) is 15.6. The summed E-state index contributed by atoms with van der Waals surface area (Å²) in [5, 5.41) is 2.76. The summed E-state index contributed by atoms with van der Waals surface area (Å²) in [5.74, 6) is -0.711. The van der Waals surface area contributed by atoms with Crippen molar-refractivity contribution in [3.8, 4) is 5.75 Å². The average Bonchev–Trinajstić information content (AvgIpc) is 2.42. The number of nitrogens with one attached hydrogen (secondary N) is 1. The quantitative estimate of drug-likeness (QED) is 0.495. The van der Waals surface area contributed by atoms with Crippen molar-refractivity contribution in [2.75, 3.05) is 12.4 Å². The van der Waals surface area contributed by atoms with Gasteiger partial charge in [0.05, 0.1) is 18.4 Å². The average molecular weight is 623 g/mol. The Kier molecular flexibility index (Phi) is 6.05. The molecule has 0 fully saturated rings. The molecule has 1 N–H and O–H groups in total. The molecule has 0 bridgehead atoms. The third kappa shape index (κ3) is 4.18. The summed E-state index contributed by atoms with van der Waals surface area (Å²) in [6.07, 6.45) is 0. The molecule has 0 heterocycles. The first-order chi connectivity index (χ1) is 9.92. The summed E-state index contributed by atoms with van der Waals surface area (Å²) in [6.45, 7) is 0. The van der Waals surface area contributed by atoms with Crippen LogP contribution in [-0.2, 0) is 0 Å². The Morgan fingerprint density at radius 3 is 2.29 bits per heavy atom. The molecule has 0 aliphatic heterocycles. The second kappa shape index (κ2) is 7.40. The number of benzene rings is 2. The second-order valence-corrected chi connectivity index (χ2v) is 7.61. The highest BCUT2D eigenvalue weighted by molar-refractivity contribution is 14.1. The number of carbonyl (C=O) groups is 1. The molecule has 0 spiro atoms. The number of carbonyl (C=O) groups excluding carboxylic acids is 1. The zero-order valence-corrected chi connectivity index (χ0v) is 17.2. The maximum absolute atomic E-state index is 13.9. The van der Waals surface area contributed by atoms with Crippen LogP contribution in [0.4, 0.5) is 10.1 Å². The molecule has 0 atom stereocenters. The summed E-state index contributed by atoms with van der Waals surface area (Å²) in [4.78, 5) is 12.2. The SMILES string of the molecule is COc1ccc(C(=O)Nc2c(I)cc(I)cc2I)c(F)c1. The number of anilines is 1. The largest absolute Gasteiger partial charge is 0.497 e. The van der Waals surface area contributed by atoms with E-state index in [-0.39, 0.29) is 5.56 Å². The maximum atomic E-state index is 13.9. The highest BCUT2D eigenvalue weighted by atomic mass is 127. The first-order valence-electron chi connectivity index (χ1n) is 5.72. The van der Waals surface area contributed by atoms with Crippen molar-refractivity contribution in [3.63, 3.8) is 0 Å². The molecule has 21 heavy (non-hydrogen) atoms. The number of amides is 1. The topological polar surface area (TPSA) is 38.3 Å². The number of rotatable bonds is 3. The van der Waals surface area contributed by atoms with E-state index in [0.29, 0.717) is 11.4 Å². The van der Waals surface area contributed by atoms with Gasteiger partial charge in [-0.3, -0.25) is 4.79 Å². The molecular weight excluding hydrogens is 614 g/mol. The minimum absolute atomic E-state index is 0.0130. The zero-order valence-electron chi connectivity index (χ0n) is 10.7. The minimum Gasteiger partial charge on any atom is -0.497 e. The van der Waals surface area contributed by atoms with E-state index in [1.165, 1.54) is 19.2 Å². The molecule has 1 amide bonds. The van der Waals surface area contributed by atoms with Gasteiger partial charge in [-0.05, 0) is 92.0 Å². The molecule has 0 radical (unpaired) electrons.